The van der Waals surface area contributed by atoms with Crippen molar-refractivity contribution in [3.63, 3.8) is 0 Å². The molecule has 0 saturated carbocycles. The maximum atomic E-state index is 13.4. The molecule has 0 radical (unpaired) electrons. The van der Waals surface area contributed by atoms with Crippen LogP contribution in [-0.2, 0) is 11.3 Å². The third-order valence-electron chi connectivity index (χ3n) is 6.80. The first-order valence-corrected chi connectivity index (χ1v) is 12.3. The molecular formula is C31H29NO4. The zero-order valence-corrected chi connectivity index (χ0v) is 20.5. The summed E-state index contributed by atoms with van der Waals surface area (Å²) in [6.07, 6.45) is 0.216. The SMILES string of the molecule is CCC(C)c1ccc(OC(CN2C(=O)c3cccc4cccc(c34)C2=O)OCc2ccccc2)cc1. The second-order valence-electron chi connectivity index (χ2n) is 9.15. The number of imide groups is 1. The Morgan fingerprint density at radius 2 is 1.42 bits per heavy atom. The molecule has 4 aromatic rings. The summed E-state index contributed by atoms with van der Waals surface area (Å²) in [6.45, 7) is 4.61. The summed E-state index contributed by atoms with van der Waals surface area (Å²) < 4.78 is 12.3. The van der Waals surface area contributed by atoms with E-state index in [1.165, 1.54) is 10.5 Å². The zero-order chi connectivity index (χ0) is 25.1. The van der Waals surface area contributed by atoms with Gasteiger partial charge in [0.25, 0.3) is 11.8 Å². The molecule has 0 saturated heterocycles. The molecule has 0 spiro atoms. The van der Waals surface area contributed by atoms with Crippen molar-refractivity contribution in [3.05, 3.63) is 113 Å². The van der Waals surface area contributed by atoms with Gasteiger partial charge in [0, 0.05) is 16.5 Å². The van der Waals surface area contributed by atoms with Crippen molar-refractivity contribution in [2.24, 2.45) is 0 Å². The van der Waals surface area contributed by atoms with Crippen molar-refractivity contribution in [1.82, 2.24) is 4.90 Å². The van der Waals surface area contributed by atoms with Gasteiger partial charge in [-0.1, -0.05) is 80.6 Å². The van der Waals surface area contributed by atoms with Crippen LogP contribution in [0.1, 0.15) is 58.0 Å². The highest BCUT2D eigenvalue weighted by atomic mass is 16.7. The summed E-state index contributed by atoms with van der Waals surface area (Å²) in [5.74, 6) is 0.400. The summed E-state index contributed by atoms with van der Waals surface area (Å²) in [4.78, 5) is 28.1. The van der Waals surface area contributed by atoms with E-state index in [-0.39, 0.29) is 18.4 Å². The fraction of sp³-hybridized carbons (Fsp3) is 0.226. The fourth-order valence-electron chi connectivity index (χ4n) is 4.55. The van der Waals surface area contributed by atoms with Crippen LogP contribution < -0.4 is 4.74 Å². The quantitative estimate of drug-likeness (QED) is 0.201. The van der Waals surface area contributed by atoms with Crippen LogP contribution in [-0.4, -0.2) is 29.5 Å². The molecule has 2 amide bonds. The van der Waals surface area contributed by atoms with Gasteiger partial charge in [-0.3, -0.25) is 14.5 Å². The van der Waals surface area contributed by atoms with E-state index in [1.807, 2.05) is 78.9 Å². The lowest BCUT2D eigenvalue weighted by atomic mass is 9.94. The first-order valence-electron chi connectivity index (χ1n) is 12.3. The van der Waals surface area contributed by atoms with E-state index in [1.54, 1.807) is 12.1 Å². The highest BCUT2D eigenvalue weighted by Gasteiger charge is 2.35. The molecule has 2 unspecified atom stereocenters. The van der Waals surface area contributed by atoms with Crippen LogP contribution in [0.2, 0.25) is 0 Å². The van der Waals surface area contributed by atoms with Crippen LogP contribution >= 0.6 is 0 Å². The number of ether oxygens (including phenoxy) is 2. The lowest BCUT2D eigenvalue weighted by molar-refractivity contribution is -0.0967. The Morgan fingerprint density at radius 1 is 0.778 bits per heavy atom. The van der Waals surface area contributed by atoms with Crippen LogP contribution in [0.3, 0.4) is 0 Å². The number of rotatable bonds is 9. The fourth-order valence-corrected chi connectivity index (χ4v) is 4.55. The average Bonchev–Trinajstić information content (AvgIpc) is 2.93. The van der Waals surface area contributed by atoms with Gasteiger partial charge in [-0.15, -0.1) is 0 Å². The number of carbonyl (C=O) groups is 2. The molecular weight excluding hydrogens is 450 g/mol. The van der Waals surface area contributed by atoms with Crippen LogP contribution in [0.25, 0.3) is 10.8 Å². The first-order chi connectivity index (χ1) is 17.5. The minimum absolute atomic E-state index is 0.0255. The smallest absolute Gasteiger partial charge is 0.261 e. The summed E-state index contributed by atoms with van der Waals surface area (Å²) in [6, 6.07) is 28.7. The van der Waals surface area contributed by atoms with Gasteiger partial charge in [-0.25, -0.2) is 0 Å². The second-order valence-corrected chi connectivity index (χ2v) is 9.15. The molecule has 1 heterocycles. The first kappa shape index (κ1) is 23.8. The van der Waals surface area contributed by atoms with Crippen molar-refractivity contribution >= 4 is 22.6 Å². The van der Waals surface area contributed by atoms with Gasteiger partial charge in [-0.2, -0.15) is 0 Å². The van der Waals surface area contributed by atoms with E-state index in [4.69, 9.17) is 9.47 Å². The lowest BCUT2D eigenvalue weighted by Crippen LogP contribution is -2.46. The van der Waals surface area contributed by atoms with E-state index in [0.29, 0.717) is 34.8 Å². The molecule has 182 valence electrons. The zero-order valence-electron chi connectivity index (χ0n) is 20.5. The topological polar surface area (TPSA) is 55.8 Å². The van der Waals surface area contributed by atoms with E-state index in [0.717, 1.165) is 17.4 Å². The molecule has 1 aliphatic heterocycles. The van der Waals surface area contributed by atoms with Gasteiger partial charge < -0.3 is 9.47 Å². The predicted octanol–water partition coefficient (Wildman–Crippen LogP) is 6.57. The second kappa shape index (κ2) is 10.3. The summed E-state index contributed by atoms with van der Waals surface area (Å²) in [5.41, 5.74) is 3.24. The van der Waals surface area contributed by atoms with E-state index in [2.05, 4.69) is 13.8 Å². The Labute approximate surface area is 211 Å². The third-order valence-corrected chi connectivity index (χ3v) is 6.80. The maximum absolute atomic E-state index is 13.4. The van der Waals surface area contributed by atoms with Crippen molar-refractivity contribution in [2.75, 3.05) is 6.54 Å². The Balaban J connectivity index is 1.41. The van der Waals surface area contributed by atoms with Crippen LogP contribution in [0.4, 0.5) is 0 Å². The monoisotopic (exact) mass is 479 g/mol. The van der Waals surface area contributed by atoms with Crippen molar-refractivity contribution in [3.8, 4) is 5.75 Å². The Kier molecular flexibility index (Phi) is 6.83. The normalized spacial score (nSPS) is 14.7. The molecule has 0 fully saturated rings. The molecule has 5 heteroatoms. The number of benzene rings is 4. The standard InChI is InChI=1S/C31H29NO4/c1-3-21(2)23-15-17-25(18-16-23)36-28(35-20-22-9-5-4-6-10-22)19-32-30(33)26-13-7-11-24-12-8-14-27(29(24)26)31(32)34/h4-18,21,28H,3,19-20H2,1-2H3. The molecule has 36 heavy (non-hydrogen) atoms. The van der Waals surface area contributed by atoms with Crippen molar-refractivity contribution in [2.45, 2.75) is 39.1 Å². The number of hydrogen-bond acceptors (Lipinski definition) is 4. The van der Waals surface area contributed by atoms with Gasteiger partial charge in [0.1, 0.15) is 5.75 Å². The lowest BCUT2D eigenvalue weighted by Gasteiger charge is -2.30. The minimum atomic E-state index is -0.836. The summed E-state index contributed by atoms with van der Waals surface area (Å²) in [5, 5.41) is 1.58. The minimum Gasteiger partial charge on any atom is -0.463 e. The number of amides is 2. The molecule has 0 bridgehead atoms. The predicted molar refractivity (Wildman–Crippen MR) is 140 cm³/mol. The van der Waals surface area contributed by atoms with Crippen molar-refractivity contribution < 1.29 is 19.1 Å². The van der Waals surface area contributed by atoms with Gasteiger partial charge in [-0.05, 0) is 53.1 Å². The van der Waals surface area contributed by atoms with Crippen LogP contribution in [0, 0.1) is 0 Å². The van der Waals surface area contributed by atoms with E-state index >= 15 is 0 Å². The van der Waals surface area contributed by atoms with Gasteiger partial charge in [0.15, 0.2) is 0 Å². The summed E-state index contributed by atoms with van der Waals surface area (Å²) >= 11 is 0. The molecule has 5 nitrogen and oxygen atoms in total. The maximum Gasteiger partial charge on any atom is 0.261 e. The molecule has 0 N–H and O–H groups in total. The largest absolute Gasteiger partial charge is 0.463 e. The Morgan fingerprint density at radius 3 is 2.03 bits per heavy atom. The molecule has 1 aliphatic rings. The molecule has 5 rings (SSSR count). The summed E-state index contributed by atoms with van der Waals surface area (Å²) in [7, 11) is 0. The number of hydrogen-bond donors (Lipinski definition) is 0. The van der Waals surface area contributed by atoms with E-state index < -0.39 is 6.29 Å². The highest BCUT2D eigenvalue weighted by Crippen LogP contribution is 2.30. The Bertz CT molecular complexity index is 1330. The third kappa shape index (κ3) is 4.75. The average molecular weight is 480 g/mol. The molecule has 0 aromatic heterocycles. The number of nitrogens with zero attached hydrogens (tertiary/aromatic N) is 1. The molecule has 0 aliphatic carbocycles. The van der Waals surface area contributed by atoms with Crippen LogP contribution in [0.15, 0.2) is 91.0 Å². The Hall–Kier alpha value is -3.96. The van der Waals surface area contributed by atoms with Gasteiger partial charge in [0.2, 0.25) is 6.29 Å². The van der Waals surface area contributed by atoms with Crippen LogP contribution in [0.5, 0.6) is 5.75 Å². The molecule has 4 aromatic carbocycles. The van der Waals surface area contributed by atoms with Gasteiger partial charge >= 0.3 is 0 Å². The van der Waals surface area contributed by atoms with Crippen molar-refractivity contribution in [1.29, 1.82) is 0 Å². The van der Waals surface area contributed by atoms with E-state index in [9.17, 15) is 9.59 Å². The highest BCUT2D eigenvalue weighted by molar-refractivity contribution is 6.25. The van der Waals surface area contributed by atoms with Gasteiger partial charge in [0.05, 0.1) is 13.2 Å². The number of carbonyl (C=O) groups excluding carboxylic acids is 2. The molecule has 2 atom stereocenters.